The molecule has 0 radical (unpaired) electrons. The van der Waals surface area contributed by atoms with Crippen LogP contribution in [-0.4, -0.2) is 81.0 Å². The van der Waals surface area contributed by atoms with Gasteiger partial charge in [0.15, 0.2) is 11.5 Å². The molecule has 0 aromatic heterocycles. The molecule has 226 valence electrons. The fourth-order valence-corrected chi connectivity index (χ4v) is 5.67. The summed E-state index contributed by atoms with van der Waals surface area (Å²) in [7, 11) is 5.23. The Labute approximate surface area is 244 Å². The zero-order valence-corrected chi connectivity index (χ0v) is 25.1. The summed E-state index contributed by atoms with van der Waals surface area (Å²) < 4.78 is 21.9. The second-order valence-electron chi connectivity index (χ2n) is 10.6. The smallest absolute Gasteiger partial charge is 0.308 e. The topological polar surface area (TPSA) is 97.8 Å². The van der Waals surface area contributed by atoms with Gasteiger partial charge in [0.25, 0.3) is 0 Å². The highest BCUT2D eigenvalue weighted by molar-refractivity contribution is 5.73. The molecule has 0 aliphatic carbocycles. The summed E-state index contributed by atoms with van der Waals surface area (Å²) in [6.07, 6.45) is 7.02. The molecule has 1 amide bonds. The number of aryl methyl sites for hydroxylation is 1. The highest BCUT2D eigenvalue weighted by Gasteiger charge is 2.45. The summed E-state index contributed by atoms with van der Waals surface area (Å²) in [6.45, 7) is 6.94. The van der Waals surface area contributed by atoms with E-state index < -0.39 is 11.9 Å². The third kappa shape index (κ3) is 8.28. The van der Waals surface area contributed by atoms with E-state index in [0.29, 0.717) is 23.8 Å². The first kappa shape index (κ1) is 32.1. The number of aliphatic carboxylic acids is 1. The van der Waals surface area contributed by atoms with E-state index in [4.69, 9.17) is 18.9 Å². The van der Waals surface area contributed by atoms with Crippen molar-refractivity contribution in [1.82, 2.24) is 9.80 Å². The number of likely N-dealkylation sites (N-methyl/N-ethyl adjacent to an activating group) is 1. The lowest BCUT2D eigenvalue weighted by atomic mass is 9.83. The maximum Gasteiger partial charge on any atom is 0.308 e. The number of para-hydroxylation sites is 1. The van der Waals surface area contributed by atoms with Gasteiger partial charge in [0.2, 0.25) is 19.0 Å². The van der Waals surface area contributed by atoms with Gasteiger partial charge >= 0.3 is 5.97 Å². The van der Waals surface area contributed by atoms with Crippen LogP contribution in [0.3, 0.4) is 0 Å². The molecule has 41 heavy (non-hydrogen) atoms. The van der Waals surface area contributed by atoms with E-state index in [-0.39, 0.29) is 18.8 Å². The first-order valence-corrected chi connectivity index (χ1v) is 14.6. The van der Waals surface area contributed by atoms with Gasteiger partial charge in [0, 0.05) is 31.6 Å². The van der Waals surface area contributed by atoms with Gasteiger partial charge in [-0.2, -0.15) is 0 Å². The number of carbonyl (C=O) groups excluding carboxylic acids is 1. The van der Waals surface area contributed by atoms with Crippen LogP contribution in [0.5, 0.6) is 23.0 Å². The van der Waals surface area contributed by atoms with Crippen molar-refractivity contribution in [3.05, 3.63) is 47.5 Å². The minimum atomic E-state index is -0.786. The summed E-state index contributed by atoms with van der Waals surface area (Å²) in [5, 5.41) is 10.1. The molecule has 2 heterocycles. The quantitative estimate of drug-likeness (QED) is 0.309. The second kappa shape index (κ2) is 16.1. The van der Waals surface area contributed by atoms with Crippen molar-refractivity contribution in [2.45, 2.75) is 64.3 Å². The number of unbranched alkanes of at least 4 members (excludes halogenated alkanes) is 2. The first-order chi connectivity index (χ1) is 19.9. The van der Waals surface area contributed by atoms with E-state index in [1.54, 1.807) is 14.2 Å². The molecule has 0 bridgehead atoms. The van der Waals surface area contributed by atoms with Crippen molar-refractivity contribution in [3.63, 3.8) is 0 Å². The average molecular weight is 571 g/mol. The van der Waals surface area contributed by atoms with Crippen LogP contribution in [0, 0.1) is 5.92 Å². The van der Waals surface area contributed by atoms with Gasteiger partial charge in [-0.05, 0) is 62.1 Å². The number of hydrogen-bond acceptors (Lipinski definition) is 7. The van der Waals surface area contributed by atoms with Gasteiger partial charge in [-0.1, -0.05) is 44.9 Å². The number of amides is 1. The molecule has 0 saturated carbocycles. The molecule has 2 aromatic rings. The van der Waals surface area contributed by atoms with E-state index in [0.717, 1.165) is 74.9 Å². The minimum Gasteiger partial charge on any atom is -0.496 e. The largest absolute Gasteiger partial charge is 0.496 e. The van der Waals surface area contributed by atoms with Gasteiger partial charge in [0.1, 0.15) is 5.75 Å². The molecular weight excluding hydrogens is 524 g/mol. The lowest BCUT2D eigenvalue weighted by Gasteiger charge is -2.24. The Kier molecular flexibility index (Phi) is 12.6. The van der Waals surface area contributed by atoms with E-state index in [9.17, 15) is 14.7 Å². The molecule has 9 heteroatoms. The third-order valence-electron chi connectivity index (χ3n) is 7.94. The number of ether oxygens (including phenoxy) is 4. The Morgan fingerprint density at radius 1 is 1.07 bits per heavy atom. The normalized spacial score (nSPS) is 19.3. The van der Waals surface area contributed by atoms with E-state index >= 15 is 0 Å². The lowest BCUT2D eigenvalue weighted by molar-refractivity contribution is -0.143. The predicted octanol–water partition coefficient (Wildman–Crippen LogP) is 5.21. The van der Waals surface area contributed by atoms with Crippen molar-refractivity contribution in [1.29, 1.82) is 0 Å². The van der Waals surface area contributed by atoms with Gasteiger partial charge < -0.3 is 33.9 Å². The maximum atomic E-state index is 12.3. The van der Waals surface area contributed by atoms with Gasteiger partial charge in [0.05, 0.1) is 20.1 Å². The van der Waals surface area contributed by atoms with Crippen molar-refractivity contribution in [3.8, 4) is 23.0 Å². The molecule has 1 saturated heterocycles. The Morgan fingerprint density at radius 3 is 2.37 bits per heavy atom. The highest BCUT2D eigenvalue weighted by Crippen LogP contribution is 2.47. The van der Waals surface area contributed by atoms with Crippen LogP contribution in [0.15, 0.2) is 36.4 Å². The summed E-state index contributed by atoms with van der Waals surface area (Å²) in [5.41, 5.74) is 1.99. The molecule has 0 spiro atoms. The number of rotatable bonds is 14. The minimum absolute atomic E-state index is 0.0890. The van der Waals surface area contributed by atoms with Gasteiger partial charge in [-0.15, -0.1) is 0 Å². The van der Waals surface area contributed by atoms with Crippen LogP contribution in [0.1, 0.15) is 63.0 Å². The van der Waals surface area contributed by atoms with Gasteiger partial charge in [-0.25, -0.2) is 0 Å². The van der Waals surface area contributed by atoms with E-state index in [2.05, 4.69) is 18.7 Å². The van der Waals surface area contributed by atoms with E-state index in [1.165, 1.54) is 0 Å². The van der Waals surface area contributed by atoms with Crippen molar-refractivity contribution in [2.24, 2.45) is 5.92 Å². The maximum absolute atomic E-state index is 12.3. The molecular formula is C32H46N2O7. The number of fused-ring (bicyclic) bond motifs is 1. The van der Waals surface area contributed by atoms with Crippen molar-refractivity contribution < 1.29 is 33.6 Å². The zero-order chi connectivity index (χ0) is 29.8. The summed E-state index contributed by atoms with van der Waals surface area (Å²) in [5.74, 6) is 1.10. The van der Waals surface area contributed by atoms with Gasteiger partial charge in [-0.3, -0.25) is 9.59 Å². The molecule has 2 aromatic carbocycles. The Morgan fingerprint density at radius 2 is 1.76 bits per heavy atom. The Bertz CT molecular complexity index is 1120. The fraction of sp³-hybridized carbons (Fsp3) is 0.562. The molecule has 2 aliphatic heterocycles. The molecule has 3 atom stereocenters. The standard InChI is InChI=1S/C23H27NO6.C9H19NO/c1-24-12-16(15-10-19(28-3)22-20(11-15)29-13-30-22)21(23(25)26)17(24)9-8-14-6-4-5-7-18(14)27-2;1-3-5-7-10(9-11)8-6-4-2/h4-7,10-11,16-17,21H,8-9,12-13H2,1-3H3,(H,25,26);9H,3-8H2,1-2H3. The number of carboxylic acid groups (broad SMARTS) is 1. The highest BCUT2D eigenvalue weighted by atomic mass is 16.7. The fourth-order valence-electron chi connectivity index (χ4n) is 5.67. The van der Waals surface area contributed by atoms with Crippen molar-refractivity contribution in [2.75, 3.05) is 47.7 Å². The molecule has 2 aliphatic rings. The van der Waals surface area contributed by atoms with Crippen LogP contribution in [0.4, 0.5) is 0 Å². The number of hydrogen-bond donors (Lipinski definition) is 1. The number of methoxy groups -OCH3 is 2. The predicted molar refractivity (Wildman–Crippen MR) is 158 cm³/mol. The Balaban J connectivity index is 0.000000358. The van der Waals surface area contributed by atoms with Crippen LogP contribution in [0.25, 0.3) is 0 Å². The van der Waals surface area contributed by atoms with E-state index in [1.807, 2.05) is 48.3 Å². The third-order valence-corrected chi connectivity index (χ3v) is 7.94. The van der Waals surface area contributed by atoms with Crippen LogP contribution in [-0.2, 0) is 16.0 Å². The molecule has 4 rings (SSSR count). The number of benzene rings is 2. The monoisotopic (exact) mass is 570 g/mol. The van der Waals surface area contributed by atoms with Crippen LogP contribution >= 0.6 is 0 Å². The molecule has 1 N–H and O–H groups in total. The van der Waals surface area contributed by atoms with Crippen LogP contribution < -0.4 is 18.9 Å². The number of carboxylic acids is 1. The van der Waals surface area contributed by atoms with Crippen molar-refractivity contribution >= 4 is 12.4 Å². The molecule has 9 nitrogen and oxygen atoms in total. The average Bonchev–Trinajstić information content (AvgIpc) is 3.60. The second-order valence-corrected chi connectivity index (χ2v) is 10.6. The first-order valence-electron chi connectivity index (χ1n) is 14.6. The Hall–Kier alpha value is -3.46. The summed E-state index contributed by atoms with van der Waals surface area (Å²) >= 11 is 0. The van der Waals surface area contributed by atoms with Crippen LogP contribution in [0.2, 0.25) is 0 Å². The SMILES string of the molecule is CCCCN(C=O)CCCC.COc1ccccc1CCC1C(C(=O)O)C(c2cc(OC)c3c(c2)OCO3)CN1C. The number of carbonyl (C=O) groups is 2. The number of likely N-dealkylation sites (tertiary alicyclic amines) is 1. The molecule has 3 unspecified atom stereocenters. The zero-order valence-electron chi connectivity index (χ0n) is 25.1. The summed E-state index contributed by atoms with van der Waals surface area (Å²) in [4.78, 5) is 26.8. The lowest BCUT2D eigenvalue weighted by Crippen LogP contribution is -2.34. The molecule has 1 fully saturated rings. The number of nitrogens with zero attached hydrogens (tertiary/aromatic N) is 2. The summed E-state index contributed by atoms with van der Waals surface area (Å²) in [6, 6.07) is 11.6.